The fraction of sp³-hybridized carbons (Fsp3) is 0.213. The van der Waals surface area contributed by atoms with Gasteiger partial charge in [0.2, 0.25) is 29.7 Å². The van der Waals surface area contributed by atoms with Gasteiger partial charge >= 0.3 is 0 Å². The number of nitrogens with zero attached hydrogens (tertiary/aromatic N) is 12. The van der Waals surface area contributed by atoms with E-state index in [1.54, 1.807) is 32.7 Å². The van der Waals surface area contributed by atoms with Crippen molar-refractivity contribution in [1.82, 2.24) is 59.7 Å². The van der Waals surface area contributed by atoms with E-state index in [2.05, 4.69) is 120 Å². The van der Waals surface area contributed by atoms with Gasteiger partial charge in [-0.05, 0) is 155 Å². The normalized spacial score (nSPS) is 12.9. The Morgan fingerprint density at radius 1 is 0.416 bits per heavy atom. The van der Waals surface area contributed by atoms with Crippen LogP contribution in [0.2, 0.25) is 0 Å². The first-order chi connectivity index (χ1) is 60.9. The zero-order chi connectivity index (χ0) is 87.9. The van der Waals surface area contributed by atoms with Gasteiger partial charge in [0.1, 0.15) is 62.7 Å². The number of nitrogens with two attached hydrogens (primary N) is 5. The minimum atomic E-state index is -0.597. The number of benzene rings is 6. The Kier molecular flexibility index (Phi) is 33.9. The molecule has 2 aliphatic heterocycles. The van der Waals surface area contributed by atoms with Crippen LogP contribution in [-0.4, -0.2) is 162 Å². The Labute approximate surface area is 721 Å². The van der Waals surface area contributed by atoms with Crippen molar-refractivity contribution < 1.29 is 42.6 Å². The molecule has 6 aromatic carbocycles. The molecule has 2 atom stereocenters. The van der Waals surface area contributed by atoms with Crippen LogP contribution in [0.1, 0.15) is 101 Å². The van der Waals surface area contributed by atoms with Crippen molar-refractivity contribution in [2.24, 2.45) is 28.7 Å². The number of carbonyl (C=O) groups excluding carboxylic acids is 5. The number of para-hydroxylation sites is 5. The number of methoxy groups -OCH3 is 2. The highest BCUT2D eigenvalue weighted by Crippen LogP contribution is 2.30. The predicted molar refractivity (Wildman–Crippen MR) is 482 cm³/mol. The number of hydrogen-bond donors (Lipinski definition) is 15. The second kappa shape index (κ2) is 47.1. The Morgan fingerprint density at radius 3 is 1.16 bits per heavy atom. The van der Waals surface area contributed by atoms with E-state index in [4.69, 9.17) is 47.3 Å². The molecular formula is C89H99N27O9. The molecule has 2 unspecified atom stereocenters. The lowest BCUT2D eigenvalue weighted by molar-refractivity contribution is 0.0992. The van der Waals surface area contributed by atoms with Gasteiger partial charge in [-0.15, -0.1) is 0 Å². The predicted octanol–water partition coefficient (Wildman–Crippen LogP) is 12.0. The van der Waals surface area contributed by atoms with Crippen molar-refractivity contribution in [3.05, 3.63) is 288 Å². The van der Waals surface area contributed by atoms with E-state index in [9.17, 15) is 24.0 Å². The summed E-state index contributed by atoms with van der Waals surface area (Å²) < 4.78 is 21.4. The number of rotatable bonds is 35. The summed E-state index contributed by atoms with van der Waals surface area (Å²) in [6.45, 7) is 5.05. The highest BCUT2D eigenvalue weighted by molar-refractivity contribution is 6.01. The molecule has 36 nitrogen and oxygen atoms in total. The maximum atomic E-state index is 11.7. The fourth-order valence-corrected chi connectivity index (χ4v) is 12.5. The van der Waals surface area contributed by atoms with Crippen LogP contribution in [0.5, 0.6) is 11.5 Å². The van der Waals surface area contributed by atoms with Gasteiger partial charge < -0.3 is 105 Å². The molecule has 2 fully saturated rings. The topological polar surface area (TPSA) is 522 Å². The lowest BCUT2D eigenvalue weighted by atomic mass is 10.1. The molecule has 0 saturated carbocycles. The maximum absolute atomic E-state index is 11.7. The summed E-state index contributed by atoms with van der Waals surface area (Å²) in [6, 6.07) is 63.0. The van der Waals surface area contributed by atoms with Crippen LogP contribution in [0, 0.1) is 0 Å². The van der Waals surface area contributed by atoms with Crippen LogP contribution < -0.4 is 91.3 Å². The lowest BCUT2D eigenvalue weighted by Gasteiger charge is -2.19. The molecule has 15 rings (SSSR count). The SMILES string of the molecule is CN1CCCC1CCNc1ncc(C(N)=O)c(Nc2ccccc2)n1.COc1ccc(CCNc2ncc(C(N)=O)c(Nc3ccccc3)n2)cc1OC.NC(=O)c1cnc(NCC2CCCO2)nc1Nc1ccccc1.NC(=O)c1cnc(NCCc2ccccn2)nc1Nc1ccccc1.NC(=O)c1cnc(NCc2ccco2)nc1Nc1ccccc1. The number of primary amides is 5. The highest BCUT2D eigenvalue weighted by atomic mass is 16.5. The van der Waals surface area contributed by atoms with E-state index in [1.165, 1.54) is 50.4 Å². The number of aromatic nitrogens is 11. The van der Waals surface area contributed by atoms with Crippen molar-refractivity contribution in [2.75, 3.05) is 114 Å². The summed E-state index contributed by atoms with van der Waals surface area (Å²) in [4.78, 5) is 107. The summed E-state index contributed by atoms with van der Waals surface area (Å²) in [5.41, 5.74) is 34.4. The van der Waals surface area contributed by atoms with E-state index in [0.29, 0.717) is 103 Å². The van der Waals surface area contributed by atoms with Crippen molar-refractivity contribution in [3.63, 3.8) is 0 Å². The molecule has 644 valence electrons. The van der Waals surface area contributed by atoms with Gasteiger partial charge in [-0.25, -0.2) is 24.9 Å². The molecule has 0 aliphatic carbocycles. The van der Waals surface area contributed by atoms with Gasteiger partial charge in [-0.3, -0.25) is 29.0 Å². The standard InChI is InChI=1S/C21H23N5O3.C18H24N6O.C18H18N6O.C16H19N5O2.C16H15N5O2/c1-28-17-9-8-14(12-18(17)29-2)10-11-23-21-24-13-16(19(22)27)20(26-21)25-15-6-4-3-5-7-15;1-24-11-5-8-14(24)9-10-20-18-21-12-15(16(19)25)17(23-18)22-13-6-3-2-4-7-13;19-16(25)15-12-22-18(21-11-9-13-6-4-5-10-20-13)24-17(15)23-14-7-2-1-3-8-14;2*17-14(22)13-10-19-16(18-9-12-7-4-8-23-12)21-15(13)20-11-5-2-1-3-6-11/h3-9,12-13H,10-11H2,1-2H3,(H2,22,27)(H2,23,24,25,26);2-4,6-7,12,14H,5,8-11H2,1H3,(H2,19,25)(H2,20,21,22,23);1-8,10,12H,9,11H2,(H2,19,25)(H2,21,22,23,24);1-3,5-6,10,12H,4,7-9H2,(H2,17,22)(H2,18,19,20,21);1-8,10H,9H2,(H2,17,22)(H2,18,19,20,21). The molecule has 0 spiro atoms. The summed E-state index contributed by atoms with van der Waals surface area (Å²) in [5.74, 6) is 3.18. The maximum Gasteiger partial charge on any atom is 0.254 e. The van der Waals surface area contributed by atoms with Crippen molar-refractivity contribution in [3.8, 4) is 11.5 Å². The van der Waals surface area contributed by atoms with Gasteiger partial charge in [-0.1, -0.05) is 103 Å². The summed E-state index contributed by atoms with van der Waals surface area (Å²) in [5, 5.41) is 31.2. The number of likely N-dealkylation sites (tertiary alicyclic amines) is 1. The third-order valence-electron chi connectivity index (χ3n) is 18.9. The van der Waals surface area contributed by atoms with Crippen LogP contribution in [0.25, 0.3) is 0 Å². The van der Waals surface area contributed by atoms with Crippen molar-refractivity contribution in [2.45, 2.75) is 63.6 Å². The quantitative estimate of drug-likeness (QED) is 0.0175. The van der Waals surface area contributed by atoms with Gasteiger partial charge in [0, 0.05) is 117 Å². The van der Waals surface area contributed by atoms with Gasteiger partial charge in [0.05, 0.1) is 33.1 Å². The second-order valence-electron chi connectivity index (χ2n) is 27.9. The first kappa shape index (κ1) is 89.8. The zero-order valence-electron chi connectivity index (χ0n) is 69.1. The summed E-state index contributed by atoms with van der Waals surface area (Å²) in [7, 11) is 5.38. The number of anilines is 15. The number of nitrogens with one attached hydrogen (secondary N) is 10. The molecular weight excluding hydrogens is 1590 g/mol. The Bertz CT molecular complexity index is 5590. The van der Waals surface area contributed by atoms with Crippen LogP contribution in [-0.2, 0) is 24.1 Å². The summed E-state index contributed by atoms with van der Waals surface area (Å²) in [6.07, 6.45) is 17.8. The Morgan fingerprint density at radius 2 is 0.808 bits per heavy atom. The highest BCUT2D eigenvalue weighted by Gasteiger charge is 2.23. The van der Waals surface area contributed by atoms with E-state index in [-0.39, 0.29) is 33.9 Å². The molecule has 0 bridgehead atoms. The number of furan rings is 1. The molecule has 13 aromatic rings. The number of hydrogen-bond acceptors (Lipinski definition) is 31. The van der Waals surface area contributed by atoms with E-state index in [1.807, 2.05) is 194 Å². The first-order valence-corrected chi connectivity index (χ1v) is 40.0. The molecule has 5 amide bonds. The fourth-order valence-electron chi connectivity index (χ4n) is 12.5. The second-order valence-corrected chi connectivity index (χ2v) is 27.9. The smallest absolute Gasteiger partial charge is 0.254 e. The van der Waals surface area contributed by atoms with Gasteiger partial charge in [-0.2, -0.15) is 24.9 Å². The number of ether oxygens (including phenoxy) is 3. The van der Waals surface area contributed by atoms with Crippen LogP contribution in [0.15, 0.2) is 248 Å². The minimum Gasteiger partial charge on any atom is -0.493 e. The van der Waals surface area contributed by atoms with E-state index < -0.39 is 29.5 Å². The van der Waals surface area contributed by atoms with Gasteiger partial charge in [0.25, 0.3) is 29.5 Å². The average Bonchev–Trinajstić information content (AvgIpc) is 1.80. The number of amides is 5. The molecule has 0 radical (unpaired) electrons. The number of pyridine rings is 1. The zero-order valence-corrected chi connectivity index (χ0v) is 69.1. The largest absolute Gasteiger partial charge is 0.493 e. The lowest BCUT2D eigenvalue weighted by Crippen LogP contribution is -2.27. The monoisotopic (exact) mass is 1690 g/mol. The van der Waals surface area contributed by atoms with Crippen LogP contribution in [0.4, 0.5) is 87.3 Å². The van der Waals surface area contributed by atoms with Crippen molar-refractivity contribution in [1.29, 1.82) is 0 Å². The van der Waals surface area contributed by atoms with Crippen LogP contribution in [0.3, 0.4) is 0 Å². The molecule has 2 aliphatic rings. The Hall–Kier alpha value is -16.0. The minimum absolute atomic E-state index is 0.181. The molecule has 9 heterocycles. The number of carbonyl (C=O) groups is 5. The third kappa shape index (κ3) is 28.6. The van der Waals surface area contributed by atoms with E-state index in [0.717, 1.165) is 90.7 Å². The average molecular weight is 1690 g/mol. The molecule has 7 aromatic heterocycles. The molecule has 125 heavy (non-hydrogen) atoms. The van der Waals surface area contributed by atoms with Crippen molar-refractivity contribution >= 4 is 117 Å². The summed E-state index contributed by atoms with van der Waals surface area (Å²) >= 11 is 0. The first-order valence-electron chi connectivity index (χ1n) is 40.0. The van der Waals surface area contributed by atoms with Gasteiger partial charge in [0.15, 0.2) is 11.5 Å². The molecule has 2 saturated heterocycles. The van der Waals surface area contributed by atoms with E-state index >= 15 is 0 Å². The van der Waals surface area contributed by atoms with Crippen LogP contribution >= 0.6 is 0 Å². The third-order valence-corrected chi connectivity index (χ3v) is 18.9. The Balaban J connectivity index is 0.000000152. The molecule has 20 N–H and O–H groups in total. The molecule has 36 heteroatoms.